The average Bonchev–Trinajstić information content (AvgIpc) is 3.48. The van der Waals surface area contributed by atoms with Crippen molar-refractivity contribution in [3.05, 3.63) is 47.7 Å². The highest BCUT2D eigenvalue weighted by Crippen LogP contribution is 2.32. The lowest BCUT2D eigenvalue weighted by Crippen LogP contribution is -2.41. The molecule has 0 saturated carbocycles. The van der Waals surface area contributed by atoms with Gasteiger partial charge in [0, 0.05) is 24.7 Å². The number of aromatic nitrogens is 1. The van der Waals surface area contributed by atoms with E-state index in [9.17, 15) is 28.6 Å². The number of hydrogen-bond donors (Lipinski definition) is 2. The van der Waals surface area contributed by atoms with E-state index in [1.165, 1.54) is 23.3 Å². The van der Waals surface area contributed by atoms with Gasteiger partial charge in [-0.1, -0.05) is 6.08 Å². The molecule has 2 aliphatic rings. The molecule has 12 heteroatoms. The first-order valence-electron chi connectivity index (χ1n) is 10.6. The first kappa shape index (κ1) is 23.6. The molecule has 0 spiro atoms. The van der Waals surface area contributed by atoms with Crippen molar-refractivity contribution in [3.63, 3.8) is 0 Å². The zero-order valence-electron chi connectivity index (χ0n) is 18.0. The van der Waals surface area contributed by atoms with Gasteiger partial charge < -0.3 is 29.1 Å². The van der Waals surface area contributed by atoms with E-state index < -0.39 is 48.9 Å². The van der Waals surface area contributed by atoms with E-state index in [4.69, 9.17) is 9.47 Å². The summed E-state index contributed by atoms with van der Waals surface area (Å²) in [7, 11) is 0. The number of amides is 2. The van der Waals surface area contributed by atoms with Crippen LogP contribution in [-0.4, -0.2) is 77.8 Å². The number of anilines is 1. The Labute approximate surface area is 192 Å². The first-order valence-corrected chi connectivity index (χ1v) is 10.6. The van der Waals surface area contributed by atoms with E-state index in [1.807, 2.05) is 0 Å². The Morgan fingerprint density at radius 3 is 2.59 bits per heavy atom. The summed E-state index contributed by atoms with van der Waals surface area (Å²) >= 11 is 0. The summed E-state index contributed by atoms with van der Waals surface area (Å²) in [4.78, 5) is 27.0. The standard InChI is InChI=1S/C22H23F2N3O7/c23-17-7-15(27-9-16(34-22(27)31)12-32-19-3-6-33-25-19)8-18(24)20(17)13-1-4-26(5-2-13)21(30)14(10-28)11-29/h1,3,6-8,14,16,28-29H,2,4-5,9-12H2. The van der Waals surface area contributed by atoms with Crippen LogP contribution < -0.4 is 9.64 Å². The summed E-state index contributed by atoms with van der Waals surface area (Å²) < 4.78 is 45.1. The van der Waals surface area contributed by atoms with E-state index in [1.54, 1.807) is 0 Å². The quantitative estimate of drug-likeness (QED) is 0.585. The predicted molar refractivity (Wildman–Crippen MR) is 113 cm³/mol. The minimum absolute atomic E-state index is 0.00660. The van der Waals surface area contributed by atoms with Crippen LogP contribution in [0, 0.1) is 17.6 Å². The topological polar surface area (TPSA) is 126 Å². The molecule has 1 atom stereocenters. The van der Waals surface area contributed by atoms with Crippen molar-refractivity contribution in [1.29, 1.82) is 0 Å². The second-order valence-corrected chi connectivity index (χ2v) is 7.88. The van der Waals surface area contributed by atoms with E-state index in [-0.39, 0.29) is 49.8 Å². The van der Waals surface area contributed by atoms with Gasteiger partial charge in [0.15, 0.2) is 6.10 Å². The van der Waals surface area contributed by atoms with Crippen LogP contribution in [0.2, 0.25) is 0 Å². The van der Waals surface area contributed by atoms with Crippen molar-refractivity contribution in [2.45, 2.75) is 12.5 Å². The van der Waals surface area contributed by atoms with Gasteiger partial charge in [0.2, 0.25) is 5.91 Å². The molecule has 0 radical (unpaired) electrons. The fraction of sp³-hybridized carbons (Fsp3) is 0.409. The summed E-state index contributed by atoms with van der Waals surface area (Å²) in [5.74, 6) is -2.82. The van der Waals surface area contributed by atoms with Crippen LogP contribution in [0.25, 0.3) is 5.57 Å². The van der Waals surface area contributed by atoms with Gasteiger partial charge >= 0.3 is 6.09 Å². The molecule has 1 fully saturated rings. The van der Waals surface area contributed by atoms with Gasteiger partial charge in [0.1, 0.15) is 24.5 Å². The van der Waals surface area contributed by atoms with Crippen LogP contribution in [0.5, 0.6) is 5.88 Å². The Balaban J connectivity index is 1.44. The van der Waals surface area contributed by atoms with Crippen LogP contribution >= 0.6 is 0 Å². The van der Waals surface area contributed by atoms with E-state index in [2.05, 4.69) is 9.68 Å². The molecule has 34 heavy (non-hydrogen) atoms. The number of benzene rings is 1. The number of nitrogens with zero attached hydrogens (tertiary/aromatic N) is 3. The van der Waals surface area contributed by atoms with Crippen molar-refractivity contribution >= 4 is 23.3 Å². The molecule has 1 aromatic carbocycles. The van der Waals surface area contributed by atoms with Gasteiger partial charge in [-0.15, -0.1) is 0 Å². The predicted octanol–water partition coefficient (Wildman–Crippen LogP) is 1.57. The molecule has 0 aliphatic carbocycles. The fourth-order valence-corrected chi connectivity index (χ4v) is 3.86. The maximum Gasteiger partial charge on any atom is 0.414 e. The van der Waals surface area contributed by atoms with Crippen molar-refractivity contribution in [3.8, 4) is 5.88 Å². The molecule has 1 aromatic heterocycles. The number of cyclic esters (lactones) is 1. The number of carbonyl (C=O) groups excluding carboxylic acids is 2. The third-order valence-electron chi connectivity index (χ3n) is 5.68. The Bertz CT molecular complexity index is 1050. The van der Waals surface area contributed by atoms with Crippen LogP contribution in [0.4, 0.5) is 19.3 Å². The van der Waals surface area contributed by atoms with Crippen molar-refractivity contribution in [1.82, 2.24) is 10.1 Å². The van der Waals surface area contributed by atoms with Gasteiger partial charge in [-0.05, 0) is 29.3 Å². The number of rotatable bonds is 8. The maximum absolute atomic E-state index is 15.0. The number of ether oxygens (including phenoxy) is 2. The zero-order valence-corrected chi connectivity index (χ0v) is 18.0. The molecule has 2 N–H and O–H groups in total. The monoisotopic (exact) mass is 479 g/mol. The summed E-state index contributed by atoms with van der Waals surface area (Å²) in [6.45, 7) is -0.665. The second-order valence-electron chi connectivity index (χ2n) is 7.88. The molecular weight excluding hydrogens is 456 g/mol. The summed E-state index contributed by atoms with van der Waals surface area (Å²) in [6.07, 6.45) is 1.63. The summed E-state index contributed by atoms with van der Waals surface area (Å²) in [5, 5.41) is 21.9. The summed E-state index contributed by atoms with van der Waals surface area (Å²) in [6, 6.07) is 3.61. The van der Waals surface area contributed by atoms with Crippen LogP contribution in [-0.2, 0) is 9.53 Å². The van der Waals surface area contributed by atoms with Gasteiger partial charge in [-0.2, -0.15) is 0 Å². The van der Waals surface area contributed by atoms with E-state index in [0.717, 1.165) is 17.0 Å². The minimum Gasteiger partial charge on any atom is -0.471 e. The number of carbonyl (C=O) groups is 2. The van der Waals surface area contributed by atoms with Gasteiger partial charge in [-0.3, -0.25) is 9.69 Å². The molecule has 2 aromatic rings. The molecule has 3 heterocycles. The van der Waals surface area contributed by atoms with Crippen molar-refractivity contribution in [2.24, 2.45) is 5.92 Å². The molecule has 0 bridgehead atoms. The molecule has 1 saturated heterocycles. The lowest BCUT2D eigenvalue weighted by atomic mass is 9.97. The number of aliphatic hydroxyl groups excluding tert-OH is 2. The Kier molecular flexibility index (Phi) is 7.08. The van der Waals surface area contributed by atoms with Crippen molar-refractivity contribution < 1.29 is 42.6 Å². The van der Waals surface area contributed by atoms with Crippen LogP contribution in [0.3, 0.4) is 0 Å². The molecular formula is C22H23F2N3O7. The molecule has 1 unspecified atom stereocenters. The Morgan fingerprint density at radius 2 is 2.00 bits per heavy atom. The highest BCUT2D eigenvalue weighted by molar-refractivity contribution is 5.90. The lowest BCUT2D eigenvalue weighted by Gasteiger charge is -2.29. The maximum atomic E-state index is 15.0. The number of hydrogen-bond acceptors (Lipinski definition) is 8. The molecule has 4 rings (SSSR count). The fourth-order valence-electron chi connectivity index (χ4n) is 3.86. The van der Waals surface area contributed by atoms with Gasteiger partial charge in [0.25, 0.3) is 5.88 Å². The Morgan fingerprint density at radius 1 is 1.26 bits per heavy atom. The van der Waals surface area contributed by atoms with Gasteiger partial charge in [-0.25, -0.2) is 13.6 Å². The zero-order chi connectivity index (χ0) is 24.2. The second kappa shape index (κ2) is 10.2. The number of halogens is 2. The lowest BCUT2D eigenvalue weighted by molar-refractivity contribution is -0.137. The highest BCUT2D eigenvalue weighted by Gasteiger charge is 2.34. The van der Waals surface area contributed by atoms with Crippen LogP contribution in [0.1, 0.15) is 12.0 Å². The third kappa shape index (κ3) is 4.87. The first-order chi connectivity index (χ1) is 16.4. The average molecular weight is 479 g/mol. The smallest absolute Gasteiger partial charge is 0.414 e. The van der Waals surface area contributed by atoms with E-state index in [0.29, 0.717) is 5.57 Å². The number of aliphatic hydroxyl groups is 2. The molecule has 2 aliphatic heterocycles. The third-order valence-corrected chi connectivity index (χ3v) is 5.68. The SMILES string of the molecule is O=C(C(CO)CO)N1CC=C(c2c(F)cc(N3CC(COc4ccon4)OC3=O)cc2F)CC1. The molecule has 2 amide bonds. The van der Waals surface area contributed by atoms with Crippen molar-refractivity contribution in [2.75, 3.05) is 44.4 Å². The normalized spacial score (nSPS) is 18.3. The minimum atomic E-state index is -0.923. The highest BCUT2D eigenvalue weighted by atomic mass is 19.1. The Hall–Kier alpha value is -3.51. The van der Waals surface area contributed by atoms with Crippen LogP contribution in [0.15, 0.2) is 35.1 Å². The molecule has 182 valence electrons. The van der Waals surface area contributed by atoms with Gasteiger partial charge in [0.05, 0.1) is 31.4 Å². The summed E-state index contributed by atoms with van der Waals surface area (Å²) in [5.41, 5.74) is 0.169. The largest absolute Gasteiger partial charge is 0.471 e. The molecule has 10 nitrogen and oxygen atoms in total. The van der Waals surface area contributed by atoms with E-state index >= 15 is 0 Å².